The zero-order valence-electron chi connectivity index (χ0n) is 17.5. The third-order valence-corrected chi connectivity index (χ3v) is 4.94. The number of likely N-dealkylation sites (N-methyl/N-ethyl adjacent to an activating group) is 1. The summed E-state index contributed by atoms with van der Waals surface area (Å²) in [7, 11) is 1.37. The van der Waals surface area contributed by atoms with Gasteiger partial charge in [0.05, 0.1) is 23.5 Å². The van der Waals surface area contributed by atoms with Crippen molar-refractivity contribution < 1.29 is 32.3 Å². The average Bonchev–Trinajstić information content (AvgIpc) is 2.73. The molecule has 1 N–H and O–H groups in total. The van der Waals surface area contributed by atoms with E-state index in [1.54, 1.807) is 31.2 Å². The lowest BCUT2D eigenvalue weighted by atomic mass is 10.1. The molecule has 0 saturated carbocycles. The van der Waals surface area contributed by atoms with Gasteiger partial charge in [-0.05, 0) is 31.2 Å². The Bertz CT molecular complexity index is 1030. The highest BCUT2D eigenvalue weighted by Crippen LogP contribution is 2.35. The van der Waals surface area contributed by atoms with Crippen LogP contribution >= 0.6 is 0 Å². The monoisotopic (exact) mass is 449 g/mol. The number of alkyl halides is 3. The minimum atomic E-state index is -4.62. The number of nitrogens with one attached hydrogen (secondary N) is 1. The molecule has 0 spiro atoms. The topological polar surface area (TPSA) is 79.0 Å². The molecule has 0 radical (unpaired) electrons. The molecule has 1 aliphatic heterocycles. The van der Waals surface area contributed by atoms with Crippen LogP contribution in [0.15, 0.2) is 48.5 Å². The molecule has 1 unspecified atom stereocenters. The summed E-state index contributed by atoms with van der Waals surface area (Å²) >= 11 is 0. The molecule has 10 heteroatoms. The van der Waals surface area contributed by atoms with Gasteiger partial charge in [-0.15, -0.1) is 0 Å². The fourth-order valence-electron chi connectivity index (χ4n) is 3.32. The van der Waals surface area contributed by atoms with E-state index in [1.165, 1.54) is 24.1 Å². The number of anilines is 2. The number of amides is 3. The first-order valence-corrected chi connectivity index (χ1v) is 9.85. The summed E-state index contributed by atoms with van der Waals surface area (Å²) in [5, 5.41) is 2.20. The SMILES string of the molecule is CC1Oc2ccccc2N(CCC(=O)N(C)CC(=O)Nc2ccccc2C(F)(F)F)C1=O. The molecule has 0 fully saturated rings. The number of ether oxygens (including phenoxy) is 1. The third-order valence-electron chi connectivity index (χ3n) is 4.94. The first-order valence-electron chi connectivity index (χ1n) is 9.85. The number of para-hydroxylation sites is 3. The van der Waals surface area contributed by atoms with Gasteiger partial charge in [-0.25, -0.2) is 0 Å². The molecule has 170 valence electrons. The summed E-state index contributed by atoms with van der Waals surface area (Å²) in [5.74, 6) is -0.962. The van der Waals surface area contributed by atoms with Crippen LogP contribution in [-0.4, -0.2) is 48.9 Å². The number of carbonyl (C=O) groups excluding carboxylic acids is 3. The van der Waals surface area contributed by atoms with Gasteiger partial charge in [0.15, 0.2) is 6.10 Å². The van der Waals surface area contributed by atoms with Crippen molar-refractivity contribution in [2.24, 2.45) is 0 Å². The lowest BCUT2D eigenvalue weighted by molar-refractivity contribution is -0.137. The molecular weight excluding hydrogens is 427 g/mol. The van der Waals surface area contributed by atoms with Gasteiger partial charge < -0.3 is 19.9 Å². The van der Waals surface area contributed by atoms with Crippen molar-refractivity contribution in [3.8, 4) is 5.75 Å². The Morgan fingerprint density at radius 3 is 2.50 bits per heavy atom. The predicted molar refractivity (Wildman–Crippen MR) is 111 cm³/mol. The summed E-state index contributed by atoms with van der Waals surface area (Å²) in [6.07, 6.45) is -5.39. The smallest absolute Gasteiger partial charge is 0.418 e. The van der Waals surface area contributed by atoms with Crippen molar-refractivity contribution in [2.45, 2.75) is 25.6 Å². The number of halogens is 3. The Morgan fingerprint density at radius 2 is 1.78 bits per heavy atom. The van der Waals surface area contributed by atoms with Gasteiger partial charge in [-0.3, -0.25) is 14.4 Å². The van der Waals surface area contributed by atoms with Gasteiger partial charge in [-0.1, -0.05) is 24.3 Å². The van der Waals surface area contributed by atoms with Crippen LogP contribution in [0.2, 0.25) is 0 Å². The maximum Gasteiger partial charge on any atom is 0.418 e. The molecule has 32 heavy (non-hydrogen) atoms. The molecule has 7 nitrogen and oxygen atoms in total. The fourth-order valence-corrected chi connectivity index (χ4v) is 3.32. The van der Waals surface area contributed by atoms with Crippen molar-refractivity contribution in [3.63, 3.8) is 0 Å². The lowest BCUT2D eigenvalue weighted by Crippen LogP contribution is -2.46. The summed E-state index contributed by atoms with van der Waals surface area (Å²) in [4.78, 5) is 39.8. The van der Waals surface area contributed by atoms with Gasteiger partial charge in [-0.2, -0.15) is 13.2 Å². The van der Waals surface area contributed by atoms with Crippen LogP contribution < -0.4 is 15.0 Å². The van der Waals surface area contributed by atoms with Crippen molar-refractivity contribution in [3.05, 3.63) is 54.1 Å². The maximum atomic E-state index is 13.1. The number of hydrogen-bond acceptors (Lipinski definition) is 4. The predicted octanol–water partition coefficient (Wildman–Crippen LogP) is 3.31. The number of fused-ring (bicyclic) bond motifs is 1. The van der Waals surface area contributed by atoms with Gasteiger partial charge >= 0.3 is 6.18 Å². The zero-order valence-corrected chi connectivity index (χ0v) is 17.5. The highest BCUT2D eigenvalue weighted by molar-refractivity contribution is 6.00. The fraction of sp³-hybridized carbons (Fsp3) is 0.318. The maximum absolute atomic E-state index is 13.1. The molecule has 0 aromatic heterocycles. The van der Waals surface area contributed by atoms with Gasteiger partial charge in [0.1, 0.15) is 5.75 Å². The van der Waals surface area contributed by atoms with E-state index in [2.05, 4.69) is 5.32 Å². The summed E-state index contributed by atoms with van der Waals surface area (Å²) in [6.45, 7) is 1.25. The standard InChI is InChI=1S/C22H22F3N3O4/c1-14-21(31)28(17-9-5-6-10-18(17)32-14)12-11-20(30)27(2)13-19(29)26-16-8-4-3-7-15(16)22(23,24)25/h3-10,14H,11-13H2,1-2H3,(H,26,29). The van der Waals surface area contributed by atoms with Gasteiger partial charge in [0.2, 0.25) is 11.8 Å². The van der Waals surface area contributed by atoms with Crippen molar-refractivity contribution >= 4 is 29.1 Å². The van der Waals surface area contributed by atoms with Crippen molar-refractivity contribution in [1.82, 2.24) is 4.90 Å². The molecule has 2 aromatic rings. The van der Waals surface area contributed by atoms with E-state index in [1.807, 2.05) is 0 Å². The first-order chi connectivity index (χ1) is 15.1. The average molecular weight is 449 g/mol. The van der Waals surface area contributed by atoms with Crippen LogP contribution in [0, 0.1) is 0 Å². The molecule has 3 rings (SSSR count). The second-order valence-electron chi connectivity index (χ2n) is 7.31. The molecule has 0 bridgehead atoms. The molecule has 1 aliphatic rings. The highest BCUT2D eigenvalue weighted by Gasteiger charge is 2.34. The number of carbonyl (C=O) groups is 3. The first kappa shape index (κ1) is 23.1. The largest absolute Gasteiger partial charge is 0.479 e. The molecular formula is C22H22F3N3O4. The minimum absolute atomic E-state index is 0.0737. The Labute approximate surface area is 182 Å². The molecule has 3 amide bonds. The molecule has 0 saturated heterocycles. The van der Waals surface area contributed by atoms with Crippen LogP contribution in [-0.2, 0) is 20.6 Å². The highest BCUT2D eigenvalue weighted by atomic mass is 19.4. The van der Waals surface area contributed by atoms with E-state index in [0.29, 0.717) is 11.4 Å². The van der Waals surface area contributed by atoms with Crippen LogP contribution in [0.3, 0.4) is 0 Å². The summed E-state index contributed by atoms with van der Waals surface area (Å²) < 4.78 is 44.8. The molecule has 1 heterocycles. The minimum Gasteiger partial charge on any atom is -0.479 e. The Balaban J connectivity index is 1.59. The summed E-state index contributed by atoms with van der Waals surface area (Å²) in [6, 6.07) is 11.6. The second-order valence-corrected chi connectivity index (χ2v) is 7.31. The van der Waals surface area contributed by atoms with Crippen molar-refractivity contribution in [1.29, 1.82) is 0 Å². The third kappa shape index (κ3) is 5.19. The Kier molecular flexibility index (Phi) is 6.71. The number of hydrogen-bond donors (Lipinski definition) is 1. The quantitative estimate of drug-likeness (QED) is 0.734. The molecule has 1 atom stereocenters. The Hall–Kier alpha value is -3.56. The Morgan fingerprint density at radius 1 is 1.12 bits per heavy atom. The molecule has 0 aliphatic carbocycles. The van der Waals surface area contributed by atoms with Gasteiger partial charge in [0, 0.05) is 20.0 Å². The van der Waals surface area contributed by atoms with Gasteiger partial charge in [0.25, 0.3) is 5.91 Å². The van der Waals surface area contributed by atoms with E-state index < -0.39 is 36.2 Å². The van der Waals surface area contributed by atoms with E-state index in [4.69, 9.17) is 4.74 Å². The van der Waals surface area contributed by atoms with Crippen LogP contribution in [0.1, 0.15) is 18.9 Å². The van der Waals surface area contributed by atoms with E-state index in [9.17, 15) is 27.6 Å². The van der Waals surface area contributed by atoms with E-state index in [-0.39, 0.29) is 24.6 Å². The van der Waals surface area contributed by atoms with Crippen LogP contribution in [0.5, 0.6) is 5.75 Å². The number of rotatable bonds is 6. The lowest BCUT2D eigenvalue weighted by Gasteiger charge is -2.33. The second kappa shape index (κ2) is 9.29. The van der Waals surface area contributed by atoms with Crippen molar-refractivity contribution in [2.75, 3.05) is 30.4 Å². The number of benzene rings is 2. The normalized spacial score (nSPS) is 15.6. The van der Waals surface area contributed by atoms with E-state index >= 15 is 0 Å². The molecule has 2 aromatic carbocycles. The van der Waals surface area contributed by atoms with Crippen LogP contribution in [0.25, 0.3) is 0 Å². The van der Waals surface area contributed by atoms with E-state index in [0.717, 1.165) is 17.0 Å². The van der Waals surface area contributed by atoms with Crippen LogP contribution in [0.4, 0.5) is 24.5 Å². The number of nitrogens with zero attached hydrogens (tertiary/aromatic N) is 2. The summed E-state index contributed by atoms with van der Waals surface area (Å²) in [5.41, 5.74) is -0.802. The zero-order chi connectivity index (χ0) is 23.5.